The molecule has 2 aromatic carbocycles. The number of hydrogen-bond donors (Lipinski definition) is 0. The first kappa shape index (κ1) is 29.5. The first-order valence-corrected chi connectivity index (χ1v) is 14.8. The van der Waals surface area contributed by atoms with Gasteiger partial charge in [-0.3, -0.25) is 14.6 Å². The molecule has 1 saturated heterocycles. The van der Waals surface area contributed by atoms with Gasteiger partial charge in [0.1, 0.15) is 0 Å². The highest BCUT2D eigenvalue weighted by Gasteiger charge is 2.23. The minimum Gasteiger partial charge on any atom is -0.379 e. The van der Waals surface area contributed by atoms with Crippen molar-refractivity contribution in [3.8, 4) is 0 Å². The summed E-state index contributed by atoms with van der Waals surface area (Å²) in [5.41, 5.74) is 3.99. The largest absolute Gasteiger partial charge is 0.379 e. The molecular formula is C27H36ClN3O4S2. The van der Waals surface area contributed by atoms with E-state index in [0.717, 1.165) is 66.2 Å². The van der Waals surface area contributed by atoms with Crippen LogP contribution in [-0.4, -0.2) is 68.9 Å². The molecule has 10 heteroatoms. The molecule has 0 bridgehead atoms. The maximum atomic E-state index is 13.6. The second-order valence-corrected chi connectivity index (χ2v) is 13.1. The highest BCUT2D eigenvalue weighted by molar-refractivity contribution is 7.92. The summed E-state index contributed by atoms with van der Waals surface area (Å²) in [6.45, 7) is 12.3. The van der Waals surface area contributed by atoms with E-state index in [1.807, 2.05) is 11.8 Å². The number of amides is 1. The van der Waals surface area contributed by atoms with E-state index < -0.39 is 15.1 Å². The number of hydrogen-bond acceptors (Lipinski definition) is 7. The summed E-state index contributed by atoms with van der Waals surface area (Å²) < 4.78 is 31.5. The Morgan fingerprint density at radius 3 is 2.35 bits per heavy atom. The number of ether oxygens (including phenoxy) is 1. The summed E-state index contributed by atoms with van der Waals surface area (Å²) in [7, 11) is -3.34. The molecule has 0 atom stereocenters. The van der Waals surface area contributed by atoms with Crippen molar-refractivity contribution in [2.45, 2.75) is 50.7 Å². The molecule has 0 N–H and O–H groups in total. The van der Waals surface area contributed by atoms with Gasteiger partial charge in [0.25, 0.3) is 0 Å². The number of nitrogens with zero attached hydrogens (tertiary/aromatic N) is 3. The molecule has 1 amide bonds. The summed E-state index contributed by atoms with van der Waals surface area (Å²) in [5.74, 6) is -0.0363. The van der Waals surface area contributed by atoms with Crippen molar-refractivity contribution in [3.63, 3.8) is 0 Å². The van der Waals surface area contributed by atoms with Gasteiger partial charge in [0.15, 0.2) is 15.0 Å². The molecule has 1 fully saturated rings. The number of halogens is 1. The first-order valence-electron chi connectivity index (χ1n) is 12.5. The van der Waals surface area contributed by atoms with Crippen molar-refractivity contribution in [2.24, 2.45) is 0 Å². The first-order chi connectivity index (χ1) is 17.2. The molecule has 7 nitrogen and oxygen atoms in total. The zero-order valence-corrected chi connectivity index (χ0v) is 24.3. The van der Waals surface area contributed by atoms with Crippen LogP contribution in [0.4, 0.5) is 5.13 Å². The minimum atomic E-state index is -3.34. The van der Waals surface area contributed by atoms with Crippen LogP contribution in [0.2, 0.25) is 0 Å². The van der Waals surface area contributed by atoms with Crippen LogP contribution in [0.5, 0.6) is 0 Å². The van der Waals surface area contributed by atoms with E-state index >= 15 is 0 Å². The maximum absolute atomic E-state index is 13.6. The normalized spacial score (nSPS) is 14.6. The Hall–Kier alpha value is -2.04. The number of carbonyl (C=O) groups is 1. The molecule has 202 valence electrons. The lowest BCUT2D eigenvalue weighted by Gasteiger charge is -2.27. The SMILES string of the molecule is Cc1ccc(C)c2sc(N(CCCN3CCOCC3)C(=O)Cc3ccc(S(=O)(=O)C(C)C)cc3)nc12.Cl. The van der Waals surface area contributed by atoms with E-state index in [1.165, 1.54) is 0 Å². The third-order valence-corrected chi connectivity index (χ3v) is 10.0. The number of morpholine rings is 1. The average molecular weight is 566 g/mol. The van der Waals surface area contributed by atoms with Crippen LogP contribution in [0.15, 0.2) is 41.3 Å². The van der Waals surface area contributed by atoms with E-state index in [1.54, 1.807) is 49.4 Å². The predicted molar refractivity (Wildman–Crippen MR) is 153 cm³/mol. The molecule has 37 heavy (non-hydrogen) atoms. The minimum absolute atomic E-state index is 0. The number of aromatic nitrogens is 1. The molecule has 0 radical (unpaired) electrons. The third kappa shape index (κ3) is 6.89. The Balaban J connectivity index is 0.00000380. The number of benzene rings is 2. The highest BCUT2D eigenvalue weighted by atomic mass is 35.5. The Bertz CT molecular complexity index is 1280. The van der Waals surface area contributed by atoms with Gasteiger partial charge in [0, 0.05) is 26.2 Å². The quantitative estimate of drug-likeness (QED) is 0.370. The summed E-state index contributed by atoms with van der Waals surface area (Å²) >= 11 is 1.56. The Kier molecular flexibility index (Phi) is 10.1. The Morgan fingerprint density at radius 1 is 1.08 bits per heavy atom. The Labute approximate surface area is 230 Å². The molecule has 0 saturated carbocycles. The number of aryl methyl sites for hydroxylation is 2. The zero-order valence-electron chi connectivity index (χ0n) is 21.9. The van der Waals surface area contributed by atoms with Crippen molar-refractivity contribution < 1.29 is 17.9 Å². The van der Waals surface area contributed by atoms with Crippen LogP contribution in [0, 0.1) is 13.8 Å². The topological polar surface area (TPSA) is 79.8 Å². The van der Waals surface area contributed by atoms with Gasteiger partial charge in [-0.1, -0.05) is 35.6 Å². The van der Waals surface area contributed by atoms with Crippen molar-refractivity contribution in [3.05, 3.63) is 53.1 Å². The lowest BCUT2D eigenvalue weighted by Crippen LogP contribution is -2.39. The van der Waals surface area contributed by atoms with Crippen LogP contribution in [0.1, 0.15) is 37.0 Å². The van der Waals surface area contributed by atoms with Gasteiger partial charge >= 0.3 is 0 Å². The highest BCUT2D eigenvalue weighted by Crippen LogP contribution is 2.33. The predicted octanol–water partition coefficient (Wildman–Crippen LogP) is 4.82. The van der Waals surface area contributed by atoms with Crippen LogP contribution in [-0.2, 0) is 25.8 Å². The van der Waals surface area contributed by atoms with Crippen molar-refractivity contribution >= 4 is 54.8 Å². The van der Waals surface area contributed by atoms with Crippen LogP contribution in [0.25, 0.3) is 10.2 Å². The summed E-state index contributed by atoms with van der Waals surface area (Å²) in [6, 6.07) is 10.9. The van der Waals surface area contributed by atoms with E-state index in [2.05, 4.69) is 24.0 Å². The van der Waals surface area contributed by atoms with Gasteiger partial charge < -0.3 is 4.74 Å². The Morgan fingerprint density at radius 2 is 1.73 bits per heavy atom. The monoisotopic (exact) mass is 565 g/mol. The van der Waals surface area contributed by atoms with Crippen molar-refractivity contribution in [1.29, 1.82) is 0 Å². The number of thiazole rings is 1. The van der Waals surface area contributed by atoms with E-state index in [4.69, 9.17) is 9.72 Å². The molecule has 2 heterocycles. The smallest absolute Gasteiger partial charge is 0.233 e. The fourth-order valence-corrected chi connectivity index (χ4v) is 6.52. The fourth-order valence-electron chi connectivity index (χ4n) is 4.31. The average Bonchev–Trinajstić information content (AvgIpc) is 3.31. The van der Waals surface area contributed by atoms with Gasteiger partial charge in [-0.2, -0.15) is 0 Å². The van der Waals surface area contributed by atoms with Gasteiger partial charge in [0.2, 0.25) is 5.91 Å². The molecule has 0 spiro atoms. The molecule has 4 rings (SSSR count). The molecular weight excluding hydrogens is 530 g/mol. The molecule has 0 aliphatic carbocycles. The lowest BCUT2D eigenvalue weighted by atomic mass is 10.1. The number of anilines is 1. The van der Waals surface area contributed by atoms with E-state index in [0.29, 0.717) is 11.7 Å². The van der Waals surface area contributed by atoms with E-state index in [-0.39, 0.29) is 29.6 Å². The van der Waals surface area contributed by atoms with Gasteiger partial charge in [-0.15, -0.1) is 12.4 Å². The molecule has 1 aliphatic heterocycles. The van der Waals surface area contributed by atoms with Crippen LogP contribution >= 0.6 is 23.7 Å². The van der Waals surface area contributed by atoms with Gasteiger partial charge in [-0.25, -0.2) is 13.4 Å². The van der Waals surface area contributed by atoms with Crippen LogP contribution < -0.4 is 4.90 Å². The summed E-state index contributed by atoms with van der Waals surface area (Å²) in [6.07, 6.45) is 1.03. The standard InChI is InChI=1S/C27H35N3O4S2.ClH/c1-19(2)36(32,33)23-10-8-22(9-11-23)18-24(31)30(13-5-12-29-14-16-34-17-15-29)27-28-25-20(3)6-7-21(4)26(25)35-27;/h6-11,19H,5,12-18H2,1-4H3;1H. The number of rotatable bonds is 9. The maximum Gasteiger partial charge on any atom is 0.233 e. The van der Waals surface area contributed by atoms with E-state index in [9.17, 15) is 13.2 Å². The zero-order chi connectivity index (χ0) is 25.9. The number of sulfone groups is 1. The number of carbonyl (C=O) groups excluding carboxylic acids is 1. The van der Waals surface area contributed by atoms with Crippen LogP contribution in [0.3, 0.4) is 0 Å². The van der Waals surface area contributed by atoms with Crippen molar-refractivity contribution in [1.82, 2.24) is 9.88 Å². The van der Waals surface area contributed by atoms with Gasteiger partial charge in [-0.05, 0) is 62.9 Å². The summed E-state index contributed by atoms with van der Waals surface area (Å²) in [4.78, 5) is 22.9. The molecule has 0 unspecified atom stereocenters. The van der Waals surface area contributed by atoms with Gasteiger partial charge in [0.05, 0.1) is 40.0 Å². The molecule has 1 aliphatic rings. The third-order valence-electron chi connectivity index (χ3n) is 6.65. The second kappa shape index (κ2) is 12.7. The van der Waals surface area contributed by atoms with Crippen molar-refractivity contribution in [2.75, 3.05) is 44.3 Å². The lowest BCUT2D eigenvalue weighted by molar-refractivity contribution is -0.118. The molecule has 3 aromatic rings. The number of fused-ring (bicyclic) bond motifs is 1. The summed E-state index contributed by atoms with van der Waals surface area (Å²) in [5, 5.41) is 0.228. The second-order valence-electron chi connectivity index (χ2n) is 9.64. The molecule has 1 aromatic heterocycles. The fraction of sp³-hybridized carbons (Fsp3) is 0.481.